The Morgan fingerprint density at radius 2 is 2.26 bits per heavy atom. The second-order valence-corrected chi connectivity index (χ2v) is 4.39. The first-order valence-electron chi connectivity index (χ1n) is 6.49. The van der Waals surface area contributed by atoms with Gasteiger partial charge in [0.25, 0.3) is 5.91 Å². The van der Waals surface area contributed by atoms with E-state index in [1.54, 1.807) is 20.2 Å². The van der Waals surface area contributed by atoms with Gasteiger partial charge in [-0.15, -0.1) is 0 Å². The molecule has 5 heteroatoms. The number of rotatable bonds is 8. The van der Waals surface area contributed by atoms with E-state index < -0.39 is 0 Å². The fraction of sp³-hybridized carbons (Fsp3) is 0.500. The standard InChI is InChI=1S/C14H23N3O2/c1-16-14(18)11-5-3-6-12(9-11)17-13(10-19-2)7-4-8-15/h3,5-6,9,13,17H,4,7-8,10,15H2,1-2H3,(H,16,18). The van der Waals surface area contributed by atoms with E-state index in [0.717, 1.165) is 18.5 Å². The molecule has 0 aliphatic carbocycles. The SMILES string of the molecule is CNC(=O)c1cccc(NC(CCCN)COC)c1. The first-order chi connectivity index (χ1) is 9.21. The molecule has 0 saturated heterocycles. The summed E-state index contributed by atoms with van der Waals surface area (Å²) < 4.78 is 5.19. The summed E-state index contributed by atoms with van der Waals surface area (Å²) in [7, 11) is 3.30. The van der Waals surface area contributed by atoms with Crippen LogP contribution in [0.2, 0.25) is 0 Å². The molecule has 0 bridgehead atoms. The molecule has 5 nitrogen and oxygen atoms in total. The highest BCUT2D eigenvalue weighted by atomic mass is 16.5. The first-order valence-corrected chi connectivity index (χ1v) is 6.49. The second-order valence-electron chi connectivity index (χ2n) is 4.39. The van der Waals surface area contributed by atoms with Gasteiger partial charge >= 0.3 is 0 Å². The monoisotopic (exact) mass is 265 g/mol. The number of ether oxygens (including phenoxy) is 1. The third-order valence-corrected chi connectivity index (χ3v) is 2.85. The summed E-state index contributed by atoms with van der Waals surface area (Å²) in [6, 6.07) is 7.63. The number of amides is 1. The molecule has 0 radical (unpaired) electrons. The number of anilines is 1. The van der Waals surface area contributed by atoms with Crippen LogP contribution in [0, 0.1) is 0 Å². The molecule has 4 N–H and O–H groups in total. The van der Waals surface area contributed by atoms with Crippen LogP contribution in [0.5, 0.6) is 0 Å². The van der Waals surface area contributed by atoms with Crippen LogP contribution in [0.25, 0.3) is 0 Å². The first kappa shape index (κ1) is 15.5. The van der Waals surface area contributed by atoms with Gasteiger partial charge in [0.1, 0.15) is 0 Å². The third kappa shape index (κ3) is 5.28. The van der Waals surface area contributed by atoms with Gasteiger partial charge in [-0.1, -0.05) is 6.07 Å². The van der Waals surface area contributed by atoms with E-state index in [-0.39, 0.29) is 11.9 Å². The van der Waals surface area contributed by atoms with Crippen LogP contribution >= 0.6 is 0 Å². The molecule has 0 fully saturated rings. The van der Waals surface area contributed by atoms with E-state index in [9.17, 15) is 4.79 Å². The van der Waals surface area contributed by atoms with E-state index in [1.807, 2.05) is 18.2 Å². The van der Waals surface area contributed by atoms with Gasteiger partial charge in [-0.2, -0.15) is 0 Å². The Bertz CT molecular complexity index is 396. The molecule has 19 heavy (non-hydrogen) atoms. The van der Waals surface area contributed by atoms with Crippen molar-refractivity contribution < 1.29 is 9.53 Å². The van der Waals surface area contributed by atoms with Crippen LogP contribution < -0.4 is 16.4 Å². The van der Waals surface area contributed by atoms with Crippen molar-refractivity contribution in [1.82, 2.24) is 5.32 Å². The maximum Gasteiger partial charge on any atom is 0.251 e. The minimum atomic E-state index is -0.0890. The molecule has 0 saturated carbocycles. The molecular weight excluding hydrogens is 242 g/mol. The van der Waals surface area contributed by atoms with E-state index in [4.69, 9.17) is 10.5 Å². The van der Waals surface area contributed by atoms with Crippen molar-refractivity contribution in [3.63, 3.8) is 0 Å². The Kier molecular flexibility index (Phi) is 6.92. The van der Waals surface area contributed by atoms with Gasteiger partial charge in [-0.05, 0) is 37.6 Å². The van der Waals surface area contributed by atoms with E-state index in [2.05, 4.69) is 10.6 Å². The van der Waals surface area contributed by atoms with Crippen molar-refractivity contribution in [2.24, 2.45) is 5.73 Å². The van der Waals surface area contributed by atoms with Crippen molar-refractivity contribution in [2.45, 2.75) is 18.9 Å². The fourth-order valence-corrected chi connectivity index (χ4v) is 1.89. The van der Waals surface area contributed by atoms with Gasteiger partial charge in [0.2, 0.25) is 0 Å². The highest BCUT2D eigenvalue weighted by Crippen LogP contribution is 2.13. The normalized spacial score (nSPS) is 11.9. The van der Waals surface area contributed by atoms with Crippen LogP contribution in [0.3, 0.4) is 0 Å². The topological polar surface area (TPSA) is 76.4 Å². The summed E-state index contributed by atoms with van der Waals surface area (Å²) in [6.07, 6.45) is 1.88. The molecular formula is C14H23N3O2. The summed E-state index contributed by atoms with van der Waals surface area (Å²) in [5, 5.41) is 5.99. The number of hydrogen-bond acceptors (Lipinski definition) is 4. The van der Waals surface area contributed by atoms with Crippen LogP contribution in [-0.2, 0) is 4.74 Å². The minimum Gasteiger partial charge on any atom is -0.383 e. The van der Waals surface area contributed by atoms with Gasteiger partial charge in [-0.25, -0.2) is 0 Å². The lowest BCUT2D eigenvalue weighted by Gasteiger charge is -2.19. The summed E-state index contributed by atoms with van der Waals surface area (Å²) in [5.41, 5.74) is 7.08. The molecule has 0 aromatic heterocycles. The molecule has 0 heterocycles. The Labute approximate surface area is 114 Å². The molecule has 1 aromatic carbocycles. The zero-order valence-electron chi connectivity index (χ0n) is 11.6. The number of carbonyl (C=O) groups is 1. The van der Waals surface area contributed by atoms with Crippen LogP contribution in [0.1, 0.15) is 23.2 Å². The van der Waals surface area contributed by atoms with Crippen LogP contribution in [-0.4, -0.2) is 39.3 Å². The molecule has 1 unspecified atom stereocenters. The average Bonchev–Trinajstić information content (AvgIpc) is 2.44. The number of nitrogens with one attached hydrogen (secondary N) is 2. The molecule has 0 spiro atoms. The number of benzene rings is 1. The molecule has 0 aliphatic heterocycles. The van der Waals surface area contributed by atoms with E-state index in [0.29, 0.717) is 18.7 Å². The lowest BCUT2D eigenvalue weighted by Crippen LogP contribution is -2.26. The Hall–Kier alpha value is -1.59. The van der Waals surface area contributed by atoms with Gasteiger partial charge in [0, 0.05) is 31.5 Å². The van der Waals surface area contributed by atoms with Crippen molar-refractivity contribution in [1.29, 1.82) is 0 Å². The number of nitrogens with two attached hydrogens (primary N) is 1. The third-order valence-electron chi connectivity index (χ3n) is 2.85. The molecule has 1 rings (SSSR count). The molecule has 1 aromatic rings. The Balaban J connectivity index is 2.69. The maximum absolute atomic E-state index is 11.6. The van der Waals surface area contributed by atoms with Crippen molar-refractivity contribution in [3.8, 4) is 0 Å². The van der Waals surface area contributed by atoms with Crippen LogP contribution in [0.4, 0.5) is 5.69 Å². The fourth-order valence-electron chi connectivity index (χ4n) is 1.89. The highest BCUT2D eigenvalue weighted by molar-refractivity contribution is 5.94. The smallest absolute Gasteiger partial charge is 0.251 e. The van der Waals surface area contributed by atoms with E-state index >= 15 is 0 Å². The Morgan fingerprint density at radius 1 is 1.47 bits per heavy atom. The van der Waals surface area contributed by atoms with Crippen LogP contribution in [0.15, 0.2) is 24.3 Å². The molecule has 1 atom stereocenters. The minimum absolute atomic E-state index is 0.0890. The van der Waals surface area contributed by atoms with Gasteiger partial charge in [0.05, 0.1) is 6.61 Å². The number of methoxy groups -OCH3 is 1. The maximum atomic E-state index is 11.6. The lowest BCUT2D eigenvalue weighted by atomic mass is 10.1. The van der Waals surface area contributed by atoms with Gasteiger partial charge in [0.15, 0.2) is 0 Å². The van der Waals surface area contributed by atoms with Gasteiger partial charge < -0.3 is 21.1 Å². The largest absolute Gasteiger partial charge is 0.383 e. The highest BCUT2D eigenvalue weighted by Gasteiger charge is 2.09. The average molecular weight is 265 g/mol. The summed E-state index contributed by atoms with van der Waals surface area (Å²) in [6.45, 7) is 1.28. The number of carbonyl (C=O) groups excluding carboxylic acids is 1. The summed E-state index contributed by atoms with van der Waals surface area (Å²) in [4.78, 5) is 11.6. The summed E-state index contributed by atoms with van der Waals surface area (Å²) >= 11 is 0. The van der Waals surface area contributed by atoms with Crippen molar-refractivity contribution in [2.75, 3.05) is 32.6 Å². The Morgan fingerprint density at radius 3 is 2.89 bits per heavy atom. The number of hydrogen-bond donors (Lipinski definition) is 3. The van der Waals surface area contributed by atoms with Crippen molar-refractivity contribution >= 4 is 11.6 Å². The molecule has 106 valence electrons. The predicted octanol–water partition coefficient (Wildman–Crippen LogP) is 1.21. The van der Waals surface area contributed by atoms with Gasteiger partial charge in [-0.3, -0.25) is 4.79 Å². The van der Waals surface area contributed by atoms with E-state index in [1.165, 1.54) is 0 Å². The zero-order chi connectivity index (χ0) is 14.1. The molecule has 0 aliphatic rings. The second kappa shape index (κ2) is 8.50. The zero-order valence-corrected chi connectivity index (χ0v) is 11.6. The summed E-state index contributed by atoms with van der Waals surface area (Å²) in [5.74, 6) is -0.0890. The lowest BCUT2D eigenvalue weighted by molar-refractivity contribution is 0.0963. The van der Waals surface area contributed by atoms with Crippen molar-refractivity contribution in [3.05, 3.63) is 29.8 Å². The predicted molar refractivity (Wildman–Crippen MR) is 77.4 cm³/mol. The molecule has 1 amide bonds. The quantitative estimate of drug-likeness (QED) is 0.660.